The molecule has 138 valence electrons. The first-order valence-corrected chi connectivity index (χ1v) is 8.20. The number of hydrogen-bond acceptors (Lipinski definition) is 4. The molecular formula is C18H27N3O4. The van der Waals surface area contributed by atoms with Gasteiger partial charge in [0.05, 0.1) is 18.0 Å². The SMILES string of the molecule is CC(C)[C@@H](NC(=O)[C@@H](N)CC(=O)O)C(=O)NC(C)(C)c1ccccc1. The van der Waals surface area contributed by atoms with E-state index in [0.29, 0.717) is 0 Å². The highest BCUT2D eigenvalue weighted by atomic mass is 16.4. The Morgan fingerprint density at radius 2 is 1.68 bits per heavy atom. The molecule has 2 atom stereocenters. The van der Waals surface area contributed by atoms with Crippen LogP contribution in [0.5, 0.6) is 0 Å². The van der Waals surface area contributed by atoms with Gasteiger partial charge in [-0.15, -0.1) is 0 Å². The van der Waals surface area contributed by atoms with Crippen LogP contribution in [0.2, 0.25) is 0 Å². The minimum absolute atomic E-state index is 0.187. The molecule has 0 aliphatic carbocycles. The molecule has 0 radical (unpaired) electrons. The van der Waals surface area contributed by atoms with Crippen LogP contribution in [0.3, 0.4) is 0 Å². The fourth-order valence-electron chi connectivity index (χ4n) is 2.39. The summed E-state index contributed by atoms with van der Waals surface area (Å²) < 4.78 is 0. The first-order chi connectivity index (χ1) is 11.5. The Morgan fingerprint density at radius 1 is 1.12 bits per heavy atom. The van der Waals surface area contributed by atoms with Gasteiger partial charge in [0.2, 0.25) is 11.8 Å². The Balaban J connectivity index is 2.83. The molecule has 0 aromatic heterocycles. The van der Waals surface area contributed by atoms with Crippen molar-refractivity contribution in [2.45, 2.75) is 51.7 Å². The van der Waals surface area contributed by atoms with Crippen molar-refractivity contribution in [1.82, 2.24) is 10.6 Å². The van der Waals surface area contributed by atoms with Crippen LogP contribution in [0.15, 0.2) is 30.3 Å². The van der Waals surface area contributed by atoms with Gasteiger partial charge in [-0.25, -0.2) is 0 Å². The number of carbonyl (C=O) groups is 3. The highest BCUT2D eigenvalue weighted by Gasteiger charge is 2.31. The lowest BCUT2D eigenvalue weighted by Crippen LogP contribution is -2.56. The van der Waals surface area contributed by atoms with Gasteiger partial charge in [-0.05, 0) is 25.3 Å². The van der Waals surface area contributed by atoms with Gasteiger partial charge in [-0.2, -0.15) is 0 Å². The number of hydrogen-bond donors (Lipinski definition) is 4. The maximum atomic E-state index is 12.7. The number of carboxylic acids is 1. The average molecular weight is 349 g/mol. The van der Waals surface area contributed by atoms with Crippen LogP contribution < -0.4 is 16.4 Å². The summed E-state index contributed by atoms with van der Waals surface area (Å²) in [5.74, 6) is -2.36. The van der Waals surface area contributed by atoms with Crippen molar-refractivity contribution in [2.24, 2.45) is 11.7 Å². The molecule has 1 aromatic carbocycles. The molecule has 0 saturated carbocycles. The van der Waals surface area contributed by atoms with E-state index in [2.05, 4.69) is 10.6 Å². The Morgan fingerprint density at radius 3 is 2.16 bits per heavy atom. The van der Waals surface area contributed by atoms with E-state index in [-0.39, 0.29) is 11.8 Å². The van der Waals surface area contributed by atoms with E-state index in [1.54, 1.807) is 13.8 Å². The predicted octanol–water partition coefficient (Wildman–Crippen LogP) is 0.981. The van der Waals surface area contributed by atoms with Gasteiger partial charge in [0.25, 0.3) is 0 Å². The van der Waals surface area contributed by atoms with E-state index in [1.807, 2.05) is 44.2 Å². The molecular weight excluding hydrogens is 322 g/mol. The van der Waals surface area contributed by atoms with Crippen molar-refractivity contribution < 1.29 is 19.5 Å². The lowest BCUT2D eigenvalue weighted by molar-refractivity contribution is -0.139. The second-order valence-electron chi connectivity index (χ2n) is 6.91. The number of rotatable bonds is 8. The third-order valence-electron chi connectivity index (χ3n) is 3.91. The minimum atomic E-state index is -1.20. The third-order valence-corrected chi connectivity index (χ3v) is 3.91. The molecule has 0 heterocycles. The van der Waals surface area contributed by atoms with Crippen molar-refractivity contribution in [2.75, 3.05) is 0 Å². The Bertz CT molecular complexity index is 614. The molecule has 25 heavy (non-hydrogen) atoms. The van der Waals surface area contributed by atoms with Gasteiger partial charge in [-0.3, -0.25) is 14.4 Å². The van der Waals surface area contributed by atoms with Crippen molar-refractivity contribution >= 4 is 17.8 Å². The van der Waals surface area contributed by atoms with Crippen LogP contribution in [0.25, 0.3) is 0 Å². The van der Waals surface area contributed by atoms with E-state index in [0.717, 1.165) is 5.56 Å². The standard InChI is InChI=1S/C18H27N3O4/c1-11(2)15(20-16(24)13(19)10-14(22)23)17(25)21-18(3,4)12-8-6-5-7-9-12/h5-9,11,13,15H,10,19H2,1-4H3,(H,20,24)(H,21,25)(H,22,23)/t13-,15+/m0/s1. The molecule has 0 aliphatic rings. The van der Waals surface area contributed by atoms with E-state index in [9.17, 15) is 14.4 Å². The van der Waals surface area contributed by atoms with Crippen molar-refractivity contribution in [3.05, 3.63) is 35.9 Å². The van der Waals surface area contributed by atoms with Gasteiger partial charge in [0.15, 0.2) is 0 Å². The highest BCUT2D eigenvalue weighted by molar-refractivity contribution is 5.91. The van der Waals surface area contributed by atoms with Gasteiger partial charge in [0.1, 0.15) is 6.04 Å². The van der Waals surface area contributed by atoms with Crippen molar-refractivity contribution in [3.63, 3.8) is 0 Å². The number of amides is 2. The zero-order valence-electron chi connectivity index (χ0n) is 15.1. The number of benzene rings is 1. The van der Waals surface area contributed by atoms with E-state index >= 15 is 0 Å². The molecule has 7 heteroatoms. The maximum Gasteiger partial charge on any atom is 0.305 e. The quantitative estimate of drug-likeness (QED) is 0.557. The smallest absolute Gasteiger partial charge is 0.305 e. The van der Waals surface area contributed by atoms with Crippen LogP contribution in [0, 0.1) is 5.92 Å². The number of nitrogens with two attached hydrogens (primary N) is 1. The second-order valence-corrected chi connectivity index (χ2v) is 6.91. The maximum absolute atomic E-state index is 12.7. The fourth-order valence-corrected chi connectivity index (χ4v) is 2.39. The summed E-state index contributed by atoms with van der Waals surface area (Å²) >= 11 is 0. The summed E-state index contributed by atoms with van der Waals surface area (Å²) in [6.07, 6.45) is -0.492. The van der Waals surface area contributed by atoms with Crippen LogP contribution >= 0.6 is 0 Å². The van der Waals surface area contributed by atoms with Gasteiger partial charge >= 0.3 is 5.97 Å². The van der Waals surface area contributed by atoms with E-state index in [1.165, 1.54) is 0 Å². The molecule has 0 unspecified atom stereocenters. The largest absolute Gasteiger partial charge is 0.481 e. The molecule has 7 nitrogen and oxygen atoms in total. The minimum Gasteiger partial charge on any atom is -0.481 e. The molecule has 0 saturated heterocycles. The Kier molecular flexibility index (Phi) is 7.11. The predicted molar refractivity (Wildman–Crippen MR) is 94.6 cm³/mol. The fraction of sp³-hybridized carbons (Fsp3) is 0.500. The van der Waals surface area contributed by atoms with Crippen LogP contribution in [0.1, 0.15) is 39.7 Å². The van der Waals surface area contributed by atoms with E-state index in [4.69, 9.17) is 10.8 Å². The monoisotopic (exact) mass is 349 g/mol. The summed E-state index contributed by atoms with van der Waals surface area (Å²) in [5, 5.41) is 14.2. The zero-order chi connectivity index (χ0) is 19.2. The first kappa shape index (κ1) is 20.6. The summed E-state index contributed by atoms with van der Waals surface area (Å²) in [5.41, 5.74) is 5.87. The normalized spacial score (nSPS) is 13.8. The molecule has 0 spiro atoms. The molecule has 2 amide bonds. The molecule has 1 aromatic rings. The molecule has 0 aliphatic heterocycles. The van der Waals surface area contributed by atoms with Gasteiger partial charge in [-0.1, -0.05) is 44.2 Å². The molecule has 0 bridgehead atoms. The third kappa shape index (κ3) is 6.19. The van der Waals surface area contributed by atoms with Gasteiger partial charge < -0.3 is 21.5 Å². The second kappa shape index (κ2) is 8.62. The molecule has 5 N–H and O–H groups in total. The summed E-state index contributed by atoms with van der Waals surface area (Å²) in [7, 11) is 0. The highest BCUT2D eigenvalue weighted by Crippen LogP contribution is 2.20. The van der Waals surface area contributed by atoms with Crippen molar-refractivity contribution in [1.29, 1.82) is 0 Å². The topological polar surface area (TPSA) is 122 Å². The Labute approximate surface area is 148 Å². The lowest BCUT2D eigenvalue weighted by Gasteiger charge is -2.31. The molecule has 0 fully saturated rings. The Hall–Kier alpha value is -2.41. The average Bonchev–Trinajstić information content (AvgIpc) is 2.51. The number of aliphatic carboxylic acids is 1. The van der Waals surface area contributed by atoms with E-state index < -0.39 is 35.9 Å². The molecule has 1 rings (SSSR count). The lowest BCUT2D eigenvalue weighted by atomic mass is 9.93. The first-order valence-electron chi connectivity index (χ1n) is 8.20. The zero-order valence-corrected chi connectivity index (χ0v) is 15.1. The number of carbonyl (C=O) groups excluding carboxylic acids is 2. The van der Waals surface area contributed by atoms with Crippen LogP contribution in [0.4, 0.5) is 0 Å². The van der Waals surface area contributed by atoms with Gasteiger partial charge in [0, 0.05) is 0 Å². The van der Waals surface area contributed by atoms with Crippen LogP contribution in [-0.2, 0) is 19.9 Å². The summed E-state index contributed by atoms with van der Waals surface area (Å²) in [6.45, 7) is 7.33. The number of nitrogens with one attached hydrogen (secondary N) is 2. The van der Waals surface area contributed by atoms with Crippen molar-refractivity contribution in [3.8, 4) is 0 Å². The van der Waals surface area contributed by atoms with Crippen LogP contribution in [-0.4, -0.2) is 35.0 Å². The summed E-state index contributed by atoms with van der Waals surface area (Å²) in [4.78, 5) is 35.4. The number of carboxylic acid groups (broad SMARTS) is 1. The summed E-state index contributed by atoms with van der Waals surface area (Å²) in [6, 6.07) is 7.47.